The normalized spacial score (nSPS) is 8.50. The maximum absolute atomic E-state index is 12.0. The Balaban J connectivity index is 0.000000810. The van der Waals surface area contributed by atoms with Crippen molar-refractivity contribution >= 4 is 0 Å². The molecule has 1 rings (SSSR count). The van der Waals surface area contributed by atoms with Crippen molar-refractivity contribution in [2.24, 2.45) is 0 Å². The van der Waals surface area contributed by atoms with E-state index in [1.807, 2.05) is 0 Å². The molecule has 0 aliphatic rings. The molecule has 6 heteroatoms. The van der Waals surface area contributed by atoms with E-state index in [1.165, 1.54) is 0 Å². The molecule has 0 spiro atoms. The number of H-pyrrole nitrogens is 1. The molecule has 0 radical (unpaired) electrons. The minimum absolute atomic E-state index is 0. The molecule has 0 fully saturated rings. The summed E-state index contributed by atoms with van der Waals surface area (Å²) in [4.78, 5) is 14.8. The quantitative estimate of drug-likeness (QED) is 0.385. The van der Waals surface area contributed by atoms with Crippen LogP contribution >= 0.6 is 0 Å². The van der Waals surface area contributed by atoms with Gasteiger partial charge >= 0.3 is 29.6 Å². The summed E-state index contributed by atoms with van der Waals surface area (Å²) < 4.78 is 12.0. The molecule has 1 heterocycles. The van der Waals surface area contributed by atoms with E-state index in [2.05, 4.69) is 4.98 Å². The Labute approximate surface area is 77.4 Å². The first-order chi connectivity index (χ1) is 4.20. The summed E-state index contributed by atoms with van der Waals surface area (Å²) in [6, 6.07) is -0.832. The minimum atomic E-state index is -1.05. The van der Waals surface area contributed by atoms with Crippen LogP contribution in [0.4, 0.5) is 4.39 Å². The van der Waals surface area contributed by atoms with Gasteiger partial charge in [0.1, 0.15) is 0 Å². The minimum Gasteiger partial charge on any atom is -0.846 e. The van der Waals surface area contributed by atoms with Crippen LogP contribution in [0.5, 0.6) is 6.01 Å². The Kier molecular flexibility index (Phi) is 3.55. The molecule has 4 nitrogen and oxygen atoms in total. The predicted molar refractivity (Wildman–Crippen MR) is 24.3 cm³/mol. The van der Waals surface area contributed by atoms with Gasteiger partial charge in [0.05, 0.1) is 12.2 Å². The average molecular weight is 152 g/mol. The summed E-state index contributed by atoms with van der Waals surface area (Å²) in [6.07, 6.45) is 0.584. The van der Waals surface area contributed by atoms with Gasteiger partial charge in [-0.15, -0.1) is 0 Å². The zero-order valence-corrected chi connectivity index (χ0v) is 7.22. The maximum Gasteiger partial charge on any atom is 1.00 e. The molecule has 0 bridgehead atoms. The Morgan fingerprint density at radius 3 is 2.70 bits per heavy atom. The van der Waals surface area contributed by atoms with Crippen molar-refractivity contribution in [1.29, 1.82) is 0 Å². The number of hydrogen-bond donors (Lipinski definition) is 1. The van der Waals surface area contributed by atoms with Gasteiger partial charge in [-0.05, 0) is 0 Å². The first-order valence-corrected chi connectivity index (χ1v) is 2.12. The Bertz CT molecular complexity index is 274. The monoisotopic (exact) mass is 152 g/mol. The summed E-state index contributed by atoms with van der Waals surface area (Å²) in [6.45, 7) is 0. The molecule has 1 aromatic rings. The molecule has 0 unspecified atom stereocenters. The van der Waals surface area contributed by atoms with Crippen LogP contribution in [0, 0.1) is 5.82 Å². The van der Waals surface area contributed by atoms with E-state index < -0.39 is 17.4 Å². The molecule has 0 atom stereocenters. The zero-order chi connectivity index (χ0) is 6.85. The van der Waals surface area contributed by atoms with Crippen molar-refractivity contribution in [1.82, 2.24) is 9.97 Å². The Hall–Kier alpha value is -0.390. The Morgan fingerprint density at radius 2 is 2.30 bits per heavy atom. The van der Waals surface area contributed by atoms with Gasteiger partial charge in [-0.2, -0.15) is 4.39 Å². The van der Waals surface area contributed by atoms with Crippen LogP contribution in [0.3, 0.4) is 0 Å². The van der Waals surface area contributed by atoms with Crippen LogP contribution in [0.25, 0.3) is 0 Å². The standard InChI is InChI=1S/C4H3FN2O2.Na/c5-2-1-6-4(9)7-3(2)8;/h1H,(H2,6,7,8,9);/q;+1/p-1. The zero-order valence-electron chi connectivity index (χ0n) is 5.22. The summed E-state index contributed by atoms with van der Waals surface area (Å²) >= 11 is 0. The molecule has 0 amide bonds. The van der Waals surface area contributed by atoms with E-state index in [9.17, 15) is 14.3 Å². The van der Waals surface area contributed by atoms with Gasteiger partial charge in [0.25, 0.3) is 5.56 Å². The number of nitrogens with one attached hydrogen (secondary N) is 1. The largest absolute Gasteiger partial charge is 1.00 e. The van der Waals surface area contributed by atoms with Gasteiger partial charge in [0, 0.05) is 0 Å². The average Bonchev–Trinajstić information content (AvgIpc) is 1.80. The summed E-state index contributed by atoms with van der Waals surface area (Å²) in [5.41, 5.74) is -1.03. The second-order valence-corrected chi connectivity index (χ2v) is 1.37. The van der Waals surface area contributed by atoms with E-state index >= 15 is 0 Å². The van der Waals surface area contributed by atoms with E-state index in [4.69, 9.17) is 0 Å². The molecule has 1 N–H and O–H groups in total. The van der Waals surface area contributed by atoms with E-state index in [0.717, 1.165) is 0 Å². The number of hydrogen-bond acceptors (Lipinski definition) is 3. The number of halogens is 1. The van der Waals surface area contributed by atoms with Crippen molar-refractivity contribution in [2.45, 2.75) is 0 Å². The number of aromatic amines is 1. The second-order valence-electron chi connectivity index (χ2n) is 1.37. The smallest absolute Gasteiger partial charge is 0.846 e. The molecule has 0 aliphatic carbocycles. The third-order valence-corrected chi connectivity index (χ3v) is 0.733. The van der Waals surface area contributed by atoms with E-state index in [-0.39, 0.29) is 29.6 Å². The third kappa shape index (κ3) is 2.09. The molecule has 0 saturated carbocycles. The van der Waals surface area contributed by atoms with Crippen LogP contribution in [0.15, 0.2) is 11.0 Å². The molecule has 1 aromatic heterocycles. The fourth-order valence-electron chi connectivity index (χ4n) is 0.363. The van der Waals surface area contributed by atoms with Crippen molar-refractivity contribution < 1.29 is 39.1 Å². The number of rotatable bonds is 0. The fourth-order valence-corrected chi connectivity index (χ4v) is 0.363. The maximum atomic E-state index is 12.0. The summed E-state index contributed by atoms with van der Waals surface area (Å²) in [5, 5.41) is 10.1. The Morgan fingerprint density at radius 1 is 1.70 bits per heavy atom. The molecule has 0 saturated heterocycles. The second kappa shape index (κ2) is 3.70. The molecule has 48 valence electrons. The first kappa shape index (κ1) is 9.61. The predicted octanol–water partition coefficient (Wildman–Crippen LogP) is -4.01. The summed E-state index contributed by atoms with van der Waals surface area (Å²) in [7, 11) is 0. The molecular formula is C4H2FN2NaO2. The molecule has 0 aromatic carbocycles. The molecule has 0 aliphatic heterocycles. The van der Waals surface area contributed by atoms with Crippen molar-refractivity contribution in [2.75, 3.05) is 0 Å². The number of aromatic nitrogens is 2. The fraction of sp³-hybridized carbons (Fsp3) is 0. The SMILES string of the molecule is O=c1[nH]c([O-])ncc1F.[Na+]. The van der Waals surface area contributed by atoms with Crippen LogP contribution < -0.4 is 40.2 Å². The number of nitrogens with zero attached hydrogens (tertiary/aromatic N) is 1. The van der Waals surface area contributed by atoms with Crippen LogP contribution in [-0.4, -0.2) is 9.97 Å². The van der Waals surface area contributed by atoms with Gasteiger partial charge in [-0.1, -0.05) is 0 Å². The molecule has 10 heavy (non-hydrogen) atoms. The van der Waals surface area contributed by atoms with Gasteiger partial charge in [0.15, 0.2) is 0 Å². The van der Waals surface area contributed by atoms with Gasteiger partial charge in [-0.3, -0.25) is 9.78 Å². The third-order valence-electron chi connectivity index (χ3n) is 0.733. The van der Waals surface area contributed by atoms with Crippen molar-refractivity contribution in [3.05, 3.63) is 22.4 Å². The van der Waals surface area contributed by atoms with E-state index in [0.29, 0.717) is 6.20 Å². The van der Waals surface area contributed by atoms with Crippen molar-refractivity contribution in [3.63, 3.8) is 0 Å². The topological polar surface area (TPSA) is 68.8 Å². The van der Waals surface area contributed by atoms with Crippen LogP contribution in [-0.2, 0) is 0 Å². The van der Waals surface area contributed by atoms with Gasteiger partial charge in [0.2, 0.25) is 5.82 Å². The van der Waals surface area contributed by atoms with Crippen LogP contribution in [0.1, 0.15) is 0 Å². The first-order valence-electron chi connectivity index (χ1n) is 2.12. The van der Waals surface area contributed by atoms with E-state index in [1.54, 1.807) is 4.98 Å². The van der Waals surface area contributed by atoms with Crippen molar-refractivity contribution in [3.8, 4) is 6.01 Å². The summed E-state index contributed by atoms with van der Waals surface area (Å²) in [5.74, 6) is -1.05. The van der Waals surface area contributed by atoms with Gasteiger partial charge < -0.3 is 10.1 Å². The van der Waals surface area contributed by atoms with Gasteiger partial charge in [-0.25, -0.2) is 0 Å². The molecular weight excluding hydrogens is 150 g/mol. The van der Waals surface area contributed by atoms with Crippen LogP contribution in [0.2, 0.25) is 0 Å².